The van der Waals surface area contributed by atoms with Crippen LogP contribution in [0, 0.1) is 0 Å². The molecule has 0 bridgehead atoms. The van der Waals surface area contributed by atoms with E-state index in [1.807, 2.05) is 6.07 Å². The van der Waals surface area contributed by atoms with Crippen LogP contribution in [0.4, 0.5) is 5.69 Å². The van der Waals surface area contributed by atoms with Crippen LogP contribution in [0.1, 0.15) is 37.0 Å². The van der Waals surface area contributed by atoms with E-state index >= 15 is 0 Å². The van der Waals surface area contributed by atoms with Gasteiger partial charge in [0.1, 0.15) is 11.4 Å². The fourth-order valence-electron chi connectivity index (χ4n) is 3.25. The predicted octanol–water partition coefficient (Wildman–Crippen LogP) is 3.25. The number of aromatic amines is 2. The molecule has 0 spiro atoms. The molecule has 4 aromatic rings. The zero-order valence-electron chi connectivity index (χ0n) is 18.3. The normalized spacial score (nSPS) is 11.7. The largest absolute Gasteiger partial charge is 0.493 e. The van der Waals surface area contributed by atoms with E-state index < -0.39 is 0 Å². The molecule has 0 fully saturated rings. The number of methoxy groups -OCH3 is 2. The molecule has 3 aromatic heterocycles. The molecule has 3 heterocycles. The van der Waals surface area contributed by atoms with E-state index in [9.17, 15) is 4.79 Å². The van der Waals surface area contributed by atoms with Crippen molar-refractivity contribution in [3.05, 3.63) is 35.8 Å². The van der Waals surface area contributed by atoms with Gasteiger partial charge in [-0.25, -0.2) is 4.98 Å². The maximum atomic E-state index is 12.9. The van der Waals surface area contributed by atoms with Gasteiger partial charge in [-0.15, -0.1) is 0 Å². The fourth-order valence-corrected chi connectivity index (χ4v) is 3.25. The van der Waals surface area contributed by atoms with E-state index in [0.29, 0.717) is 39.9 Å². The second-order valence-corrected chi connectivity index (χ2v) is 8.21. The summed E-state index contributed by atoms with van der Waals surface area (Å²) in [5, 5.41) is 14.3. The van der Waals surface area contributed by atoms with Gasteiger partial charge in [0, 0.05) is 24.6 Å². The minimum Gasteiger partial charge on any atom is -0.493 e. The Morgan fingerprint density at radius 2 is 1.84 bits per heavy atom. The molecule has 10 nitrogen and oxygen atoms in total. The first-order valence-corrected chi connectivity index (χ1v) is 9.72. The van der Waals surface area contributed by atoms with Gasteiger partial charge in [0.25, 0.3) is 5.91 Å². The Labute approximate surface area is 179 Å². The number of amides is 1. The SMILES string of the molecule is COc1cc2nc(-c3[nH]ncc3NC(=O)c3cc(C(C)(C)C)nn3C)[nH]c2cc1OC. The topological polar surface area (TPSA) is 123 Å². The standard InChI is InChI=1S/C21H25N7O3/c1-21(2,3)17-9-14(28(4)27-17)20(29)25-13-10-22-26-18(13)19-23-11-7-15(30-5)16(31-6)8-12(11)24-19/h7-10H,1-6H3,(H,22,26)(H,23,24)(H,25,29). The summed E-state index contributed by atoms with van der Waals surface area (Å²) >= 11 is 0. The molecule has 31 heavy (non-hydrogen) atoms. The van der Waals surface area contributed by atoms with Crippen LogP contribution in [-0.4, -0.2) is 50.1 Å². The smallest absolute Gasteiger partial charge is 0.274 e. The van der Waals surface area contributed by atoms with E-state index in [1.165, 1.54) is 0 Å². The van der Waals surface area contributed by atoms with Gasteiger partial charge in [-0.05, 0) is 6.07 Å². The van der Waals surface area contributed by atoms with Crippen molar-refractivity contribution in [1.29, 1.82) is 0 Å². The number of nitrogens with one attached hydrogen (secondary N) is 3. The summed E-state index contributed by atoms with van der Waals surface area (Å²) in [6.45, 7) is 6.16. The zero-order chi connectivity index (χ0) is 22.3. The van der Waals surface area contributed by atoms with Crippen LogP contribution in [0.2, 0.25) is 0 Å². The number of ether oxygens (including phenoxy) is 2. The maximum absolute atomic E-state index is 12.9. The van der Waals surface area contributed by atoms with Crippen molar-refractivity contribution in [3.63, 3.8) is 0 Å². The number of hydrogen-bond donors (Lipinski definition) is 3. The van der Waals surface area contributed by atoms with Gasteiger partial charge in [0.05, 0.1) is 42.8 Å². The molecular weight excluding hydrogens is 398 g/mol. The molecule has 0 atom stereocenters. The molecule has 0 saturated carbocycles. The van der Waals surface area contributed by atoms with E-state index in [2.05, 4.69) is 51.4 Å². The van der Waals surface area contributed by atoms with Crippen molar-refractivity contribution in [3.8, 4) is 23.0 Å². The molecule has 0 aliphatic carbocycles. The van der Waals surface area contributed by atoms with Crippen molar-refractivity contribution >= 4 is 22.6 Å². The second kappa shape index (κ2) is 7.46. The lowest BCUT2D eigenvalue weighted by molar-refractivity contribution is 0.101. The molecule has 0 aliphatic heterocycles. The summed E-state index contributed by atoms with van der Waals surface area (Å²) in [7, 11) is 4.90. The van der Waals surface area contributed by atoms with Gasteiger partial charge in [-0.1, -0.05) is 20.8 Å². The van der Waals surface area contributed by atoms with E-state index in [1.54, 1.807) is 44.3 Å². The Balaban J connectivity index is 1.65. The van der Waals surface area contributed by atoms with Crippen molar-refractivity contribution in [1.82, 2.24) is 29.9 Å². The van der Waals surface area contributed by atoms with Gasteiger partial charge in [0.2, 0.25) is 0 Å². The van der Waals surface area contributed by atoms with E-state index in [-0.39, 0.29) is 11.3 Å². The summed E-state index contributed by atoms with van der Waals surface area (Å²) in [4.78, 5) is 20.7. The molecular formula is C21H25N7O3. The third-order valence-corrected chi connectivity index (χ3v) is 4.99. The Morgan fingerprint density at radius 1 is 1.13 bits per heavy atom. The number of aryl methyl sites for hydroxylation is 1. The zero-order valence-corrected chi connectivity index (χ0v) is 18.3. The van der Waals surface area contributed by atoms with Crippen LogP contribution >= 0.6 is 0 Å². The first kappa shape index (κ1) is 20.5. The summed E-state index contributed by atoms with van der Waals surface area (Å²) in [6.07, 6.45) is 1.54. The molecule has 10 heteroatoms. The van der Waals surface area contributed by atoms with Gasteiger partial charge >= 0.3 is 0 Å². The monoisotopic (exact) mass is 423 g/mol. The second-order valence-electron chi connectivity index (χ2n) is 8.21. The quantitative estimate of drug-likeness (QED) is 0.453. The number of aromatic nitrogens is 6. The molecule has 4 rings (SSSR count). The van der Waals surface area contributed by atoms with Crippen molar-refractivity contribution < 1.29 is 14.3 Å². The van der Waals surface area contributed by atoms with E-state index in [0.717, 1.165) is 11.2 Å². The van der Waals surface area contributed by atoms with Gasteiger partial charge < -0.3 is 19.8 Å². The first-order chi connectivity index (χ1) is 14.7. The van der Waals surface area contributed by atoms with Gasteiger partial charge in [0.15, 0.2) is 17.3 Å². The highest BCUT2D eigenvalue weighted by atomic mass is 16.5. The van der Waals surface area contributed by atoms with Crippen LogP contribution in [0.25, 0.3) is 22.6 Å². The molecule has 3 N–H and O–H groups in total. The number of anilines is 1. The maximum Gasteiger partial charge on any atom is 0.274 e. The Bertz CT molecular complexity index is 1220. The van der Waals surface area contributed by atoms with Gasteiger partial charge in [-0.2, -0.15) is 10.2 Å². The van der Waals surface area contributed by atoms with Crippen molar-refractivity contribution in [2.45, 2.75) is 26.2 Å². The van der Waals surface area contributed by atoms with Crippen molar-refractivity contribution in [2.75, 3.05) is 19.5 Å². The molecule has 162 valence electrons. The number of benzene rings is 1. The lowest BCUT2D eigenvalue weighted by atomic mass is 9.92. The number of carbonyl (C=O) groups excluding carboxylic acids is 1. The third-order valence-electron chi connectivity index (χ3n) is 4.99. The number of hydrogen-bond acceptors (Lipinski definition) is 6. The van der Waals surface area contributed by atoms with Crippen LogP contribution in [0.15, 0.2) is 24.4 Å². The highest BCUT2D eigenvalue weighted by Gasteiger charge is 2.23. The highest BCUT2D eigenvalue weighted by Crippen LogP contribution is 2.33. The van der Waals surface area contributed by atoms with Crippen LogP contribution in [-0.2, 0) is 12.5 Å². The number of rotatable bonds is 5. The first-order valence-electron chi connectivity index (χ1n) is 9.72. The number of H-pyrrole nitrogens is 2. The summed E-state index contributed by atoms with van der Waals surface area (Å²) in [6, 6.07) is 5.39. The Hall–Kier alpha value is -3.82. The average Bonchev–Trinajstić information content (AvgIpc) is 3.43. The number of nitrogens with zero attached hydrogens (tertiary/aromatic N) is 4. The Kier molecular flexibility index (Phi) is 4.92. The number of carbonyl (C=O) groups is 1. The number of imidazole rings is 1. The summed E-state index contributed by atoms with van der Waals surface area (Å²) < 4.78 is 12.3. The fraction of sp³-hybridized carbons (Fsp3) is 0.333. The minimum absolute atomic E-state index is 0.159. The van der Waals surface area contributed by atoms with Gasteiger partial charge in [-0.3, -0.25) is 14.6 Å². The van der Waals surface area contributed by atoms with Crippen LogP contribution in [0.3, 0.4) is 0 Å². The highest BCUT2D eigenvalue weighted by molar-refractivity contribution is 6.04. The molecule has 1 amide bonds. The van der Waals surface area contributed by atoms with Crippen molar-refractivity contribution in [2.24, 2.45) is 7.05 Å². The minimum atomic E-state index is -0.285. The molecule has 0 radical (unpaired) electrons. The molecule has 0 unspecified atom stereocenters. The molecule has 0 saturated heterocycles. The van der Waals surface area contributed by atoms with E-state index in [4.69, 9.17) is 9.47 Å². The lowest BCUT2D eigenvalue weighted by Crippen LogP contribution is -2.16. The van der Waals surface area contributed by atoms with Crippen LogP contribution < -0.4 is 14.8 Å². The summed E-state index contributed by atoms with van der Waals surface area (Å²) in [5.74, 6) is 1.41. The summed E-state index contributed by atoms with van der Waals surface area (Å²) in [5.41, 5.74) is 3.65. The average molecular weight is 423 g/mol. The number of fused-ring (bicyclic) bond motifs is 1. The Morgan fingerprint density at radius 3 is 2.48 bits per heavy atom. The van der Waals surface area contributed by atoms with Crippen LogP contribution in [0.5, 0.6) is 11.5 Å². The molecule has 0 aliphatic rings. The molecule has 1 aromatic carbocycles. The predicted molar refractivity (Wildman–Crippen MR) is 117 cm³/mol. The lowest BCUT2D eigenvalue weighted by Gasteiger charge is -2.13. The third kappa shape index (κ3) is 3.72.